The number of hydrazine groups is 1. The van der Waals surface area contributed by atoms with Crippen molar-refractivity contribution in [2.45, 2.75) is 65.8 Å². The lowest BCUT2D eigenvalue weighted by atomic mass is 9.90. The maximum Gasteiger partial charge on any atom is 0.0947 e. The highest BCUT2D eigenvalue weighted by atomic mass is 32.1. The van der Waals surface area contributed by atoms with Crippen molar-refractivity contribution in [2.75, 3.05) is 0 Å². The van der Waals surface area contributed by atoms with E-state index in [1.54, 1.807) is 11.3 Å². The molecule has 3 nitrogen and oxygen atoms in total. The summed E-state index contributed by atoms with van der Waals surface area (Å²) < 4.78 is 0. The van der Waals surface area contributed by atoms with E-state index in [-0.39, 0.29) is 0 Å². The van der Waals surface area contributed by atoms with Gasteiger partial charge in [-0.05, 0) is 26.2 Å². The molecule has 0 fully saturated rings. The molecular formula is C14H27N3S. The summed E-state index contributed by atoms with van der Waals surface area (Å²) in [7, 11) is 0. The molecule has 4 heteroatoms. The number of aromatic nitrogens is 1. The lowest BCUT2D eigenvalue weighted by Crippen LogP contribution is -2.42. The summed E-state index contributed by atoms with van der Waals surface area (Å²) in [4.78, 5) is 5.94. The molecule has 0 aliphatic heterocycles. The van der Waals surface area contributed by atoms with Crippen molar-refractivity contribution in [3.05, 3.63) is 15.6 Å². The first-order chi connectivity index (χ1) is 8.62. The zero-order valence-electron chi connectivity index (χ0n) is 12.1. The Bertz CT molecular complexity index is 329. The molecule has 104 valence electrons. The van der Waals surface area contributed by atoms with Crippen LogP contribution in [0.25, 0.3) is 0 Å². The van der Waals surface area contributed by atoms with E-state index >= 15 is 0 Å². The molecule has 2 atom stereocenters. The van der Waals surface area contributed by atoms with Crippen LogP contribution in [0.4, 0.5) is 0 Å². The molecule has 1 rings (SSSR count). The van der Waals surface area contributed by atoms with Gasteiger partial charge >= 0.3 is 0 Å². The predicted octanol–water partition coefficient (Wildman–Crippen LogP) is 3.35. The maximum atomic E-state index is 5.74. The number of nitrogens with zero attached hydrogens (tertiary/aromatic N) is 1. The van der Waals surface area contributed by atoms with E-state index in [1.165, 1.54) is 35.6 Å². The number of hydrogen-bond donors (Lipinski definition) is 2. The summed E-state index contributed by atoms with van der Waals surface area (Å²) in [5, 5.41) is 1.21. The van der Waals surface area contributed by atoms with Crippen molar-refractivity contribution < 1.29 is 0 Å². The predicted molar refractivity (Wildman–Crippen MR) is 79.7 cm³/mol. The second-order valence-electron chi connectivity index (χ2n) is 5.04. The fraction of sp³-hybridized carbons (Fsp3) is 0.786. The average molecular weight is 269 g/mol. The van der Waals surface area contributed by atoms with Gasteiger partial charge in [0.2, 0.25) is 0 Å². The van der Waals surface area contributed by atoms with Crippen LogP contribution in [-0.2, 0) is 6.42 Å². The third-order valence-electron chi connectivity index (χ3n) is 3.70. The normalized spacial score (nSPS) is 14.7. The summed E-state index contributed by atoms with van der Waals surface area (Å²) >= 11 is 1.80. The number of thiazole rings is 1. The number of hydrogen-bond acceptors (Lipinski definition) is 4. The molecule has 2 unspecified atom stereocenters. The summed E-state index contributed by atoms with van der Waals surface area (Å²) in [5.74, 6) is 6.39. The first-order valence-electron chi connectivity index (χ1n) is 7.01. The number of nitrogens with two attached hydrogens (primary N) is 1. The number of aryl methyl sites for hydroxylation is 2. The molecular weight excluding hydrogens is 242 g/mol. The number of unbranched alkanes of at least 4 members (excludes halogenated alkanes) is 1. The van der Waals surface area contributed by atoms with E-state index in [0.29, 0.717) is 12.0 Å². The van der Waals surface area contributed by atoms with Crippen LogP contribution in [0.15, 0.2) is 0 Å². The van der Waals surface area contributed by atoms with Gasteiger partial charge in [-0.1, -0.05) is 33.1 Å². The summed E-state index contributed by atoms with van der Waals surface area (Å²) in [6.07, 6.45) is 5.93. The smallest absolute Gasteiger partial charge is 0.0947 e. The fourth-order valence-corrected chi connectivity index (χ4v) is 3.32. The zero-order valence-corrected chi connectivity index (χ0v) is 12.9. The molecule has 0 spiro atoms. The molecule has 1 aromatic heterocycles. The van der Waals surface area contributed by atoms with Crippen molar-refractivity contribution in [3.63, 3.8) is 0 Å². The first-order valence-corrected chi connectivity index (χ1v) is 7.83. The minimum Gasteiger partial charge on any atom is -0.271 e. The van der Waals surface area contributed by atoms with E-state index in [2.05, 4.69) is 38.1 Å². The quantitative estimate of drug-likeness (QED) is 0.562. The minimum atomic E-state index is 0.353. The fourth-order valence-electron chi connectivity index (χ4n) is 2.33. The van der Waals surface area contributed by atoms with Gasteiger partial charge in [0.15, 0.2) is 0 Å². The van der Waals surface area contributed by atoms with Gasteiger partial charge in [0, 0.05) is 17.3 Å². The van der Waals surface area contributed by atoms with Gasteiger partial charge in [0.1, 0.15) is 0 Å². The molecule has 0 amide bonds. The Labute approximate surface area is 115 Å². The Kier molecular flexibility index (Phi) is 6.82. The van der Waals surface area contributed by atoms with E-state index in [4.69, 9.17) is 5.84 Å². The van der Waals surface area contributed by atoms with Gasteiger partial charge < -0.3 is 0 Å². The molecule has 0 bridgehead atoms. The van der Waals surface area contributed by atoms with Gasteiger partial charge in [-0.2, -0.15) is 0 Å². The van der Waals surface area contributed by atoms with Crippen molar-refractivity contribution in [3.8, 4) is 0 Å². The van der Waals surface area contributed by atoms with Crippen LogP contribution in [-0.4, -0.2) is 11.0 Å². The van der Waals surface area contributed by atoms with Crippen LogP contribution in [0.3, 0.4) is 0 Å². The highest BCUT2D eigenvalue weighted by molar-refractivity contribution is 7.11. The molecule has 0 radical (unpaired) electrons. The third kappa shape index (κ3) is 4.34. The summed E-state index contributed by atoms with van der Waals surface area (Å²) in [6.45, 7) is 8.71. The van der Waals surface area contributed by atoms with E-state index < -0.39 is 0 Å². The van der Waals surface area contributed by atoms with Crippen molar-refractivity contribution in [2.24, 2.45) is 11.8 Å². The monoisotopic (exact) mass is 269 g/mol. The largest absolute Gasteiger partial charge is 0.271 e. The van der Waals surface area contributed by atoms with Crippen molar-refractivity contribution in [1.29, 1.82) is 0 Å². The van der Waals surface area contributed by atoms with Gasteiger partial charge in [0.25, 0.3) is 0 Å². The summed E-state index contributed by atoms with van der Waals surface area (Å²) in [5.41, 5.74) is 4.17. The van der Waals surface area contributed by atoms with Crippen LogP contribution in [0, 0.1) is 19.8 Å². The molecule has 18 heavy (non-hydrogen) atoms. The Morgan fingerprint density at radius 2 is 2.06 bits per heavy atom. The highest BCUT2D eigenvalue weighted by Gasteiger charge is 2.20. The van der Waals surface area contributed by atoms with Crippen molar-refractivity contribution in [1.82, 2.24) is 10.4 Å². The number of rotatable bonds is 8. The molecule has 1 heterocycles. The van der Waals surface area contributed by atoms with E-state index in [9.17, 15) is 0 Å². The van der Waals surface area contributed by atoms with E-state index in [0.717, 1.165) is 12.1 Å². The van der Waals surface area contributed by atoms with Gasteiger partial charge in [0.05, 0.1) is 10.7 Å². The van der Waals surface area contributed by atoms with Gasteiger partial charge in [-0.3, -0.25) is 11.3 Å². The minimum absolute atomic E-state index is 0.353. The maximum absolute atomic E-state index is 5.74. The van der Waals surface area contributed by atoms with Crippen LogP contribution >= 0.6 is 11.3 Å². The van der Waals surface area contributed by atoms with Gasteiger partial charge in [-0.15, -0.1) is 11.3 Å². The Hall–Kier alpha value is -0.450. The van der Waals surface area contributed by atoms with E-state index in [1.807, 2.05) is 0 Å². The second kappa shape index (κ2) is 7.87. The number of nitrogens with one attached hydrogen (secondary N) is 1. The van der Waals surface area contributed by atoms with Crippen LogP contribution in [0.1, 0.15) is 55.1 Å². The van der Waals surface area contributed by atoms with Crippen molar-refractivity contribution >= 4 is 11.3 Å². The van der Waals surface area contributed by atoms with Crippen LogP contribution in [0.2, 0.25) is 0 Å². The Morgan fingerprint density at radius 1 is 1.33 bits per heavy atom. The molecule has 0 aliphatic carbocycles. The first kappa shape index (κ1) is 15.6. The highest BCUT2D eigenvalue weighted by Crippen LogP contribution is 2.23. The molecule has 1 aromatic rings. The van der Waals surface area contributed by atoms with Gasteiger partial charge in [-0.25, -0.2) is 4.98 Å². The third-order valence-corrected chi connectivity index (χ3v) is 4.80. The SMILES string of the molecule is CCCCC(CC)C(Cc1nc(C)c(C)s1)NN. The zero-order chi connectivity index (χ0) is 13.5. The summed E-state index contributed by atoms with van der Waals surface area (Å²) in [6, 6.07) is 0.353. The van der Waals surface area contributed by atoms with Crippen LogP contribution in [0.5, 0.6) is 0 Å². The second-order valence-corrected chi connectivity index (χ2v) is 6.32. The molecule has 3 N–H and O–H groups in total. The lowest BCUT2D eigenvalue weighted by molar-refractivity contribution is 0.318. The molecule has 0 saturated carbocycles. The van der Waals surface area contributed by atoms with Crippen LogP contribution < -0.4 is 11.3 Å². The molecule has 0 aliphatic rings. The standard InChI is InChI=1S/C14H27N3S/c1-5-7-8-12(6-2)13(17-15)9-14-16-10(3)11(4)18-14/h12-13,17H,5-9,15H2,1-4H3. The molecule has 0 aromatic carbocycles. The average Bonchev–Trinajstić information content (AvgIpc) is 2.67. The topological polar surface area (TPSA) is 50.9 Å². The lowest BCUT2D eigenvalue weighted by Gasteiger charge is -2.24. The Balaban J connectivity index is 2.64. The Morgan fingerprint density at radius 3 is 2.50 bits per heavy atom. The molecule has 0 saturated heterocycles.